The van der Waals surface area contributed by atoms with E-state index in [0.717, 1.165) is 45.4 Å². The molecule has 1 N–H and O–H groups in total. The Morgan fingerprint density at radius 3 is 2.05 bits per heavy atom. The Labute approximate surface area is 139 Å². The minimum atomic E-state index is 0.0880. The molecule has 0 fully saturated rings. The molecule has 0 unspecified atom stereocenters. The van der Waals surface area contributed by atoms with Crippen molar-refractivity contribution in [2.45, 2.75) is 86.0 Å². The Morgan fingerprint density at radius 1 is 0.864 bits per heavy atom. The van der Waals surface area contributed by atoms with Crippen molar-refractivity contribution in [1.29, 1.82) is 0 Å². The zero-order valence-corrected chi connectivity index (χ0v) is 15.8. The molecule has 0 aliphatic heterocycles. The molecule has 22 heavy (non-hydrogen) atoms. The van der Waals surface area contributed by atoms with Crippen LogP contribution in [-0.2, 0) is 4.79 Å². The van der Waals surface area contributed by atoms with Gasteiger partial charge in [0.2, 0.25) is 5.91 Å². The fraction of sp³-hybridized carbons (Fsp3) is 0.947. The lowest BCUT2D eigenvalue weighted by Gasteiger charge is -2.26. The molecule has 0 heterocycles. The summed E-state index contributed by atoms with van der Waals surface area (Å²) in [5, 5.41) is 3.48. The Balaban J connectivity index is 3.92. The predicted octanol–water partition coefficient (Wildman–Crippen LogP) is 4.61. The molecule has 1 amide bonds. The van der Waals surface area contributed by atoms with E-state index in [1.165, 1.54) is 25.7 Å². The monoisotopic (exact) mass is 312 g/mol. The summed E-state index contributed by atoms with van der Waals surface area (Å²) in [6, 6.07) is 0. The molecule has 0 rings (SSSR count). The molecule has 0 aliphatic rings. The van der Waals surface area contributed by atoms with E-state index in [0.29, 0.717) is 12.3 Å². The second-order valence-electron chi connectivity index (χ2n) is 7.64. The van der Waals surface area contributed by atoms with E-state index in [1.54, 1.807) is 0 Å². The van der Waals surface area contributed by atoms with Crippen LogP contribution in [0, 0.1) is 5.41 Å². The molecule has 0 radical (unpaired) electrons. The summed E-state index contributed by atoms with van der Waals surface area (Å²) in [5.74, 6) is 0.335. The maximum absolute atomic E-state index is 12.4. The second-order valence-corrected chi connectivity index (χ2v) is 7.64. The molecule has 0 saturated heterocycles. The molecule has 132 valence electrons. The van der Waals surface area contributed by atoms with Crippen molar-refractivity contribution in [2.75, 3.05) is 26.2 Å². The largest absolute Gasteiger partial charge is 0.343 e. The van der Waals surface area contributed by atoms with Crippen LogP contribution < -0.4 is 5.32 Å². The van der Waals surface area contributed by atoms with Crippen LogP contribution in [0.25, 0.3) is 0 Å². The molecule has 0 aromatic rings. The number of carbonyl (C=O) groups excluding carboxylic acids is 1. The van der Waals surface area contributed by atoms with Crippen LogP contribution in [0.3, 0.4) is 0 Å². The number of nitrogens with zero attached hydrogens (tertiary/aromatic N) is 1. The lowest BCUT2D eigenvalue weighted by atomic mass is 9.91. The number of unbranched alkanes of at least 4 members (excludes halogenated alkanes) is 4. The summed E-state index contributed by atoms with van der Waals surface area (Å²) in [6.07, 6.45) is 9.03. The minimum Gasteiger partial charge on any atom is -0.343 e. The fourth-order valence-corrected chi connectivity index (χ4v) is 2.43. The molecule has 0 spiro atoms. The summed E-state index contributed by atoms with van der Waals surface area (Å²) in [5.41, 5.74) is 0.0880. The van der Waals surface area contributed by atoms with E-state index in [4.69, 9.17) is 0 Å². The van der Waals surface area contributed by atoms with Crippen molar-refractivity contribution in [3.8, 4) is 0 Å². The summed E-state index contributed by atoms with van der Waals surface area (Å²) in [6.45, 7) is 15.0. The number of hydrogen-bond donors (Lipinski definition) is 1. The highest BCUT2D eigenvalue weighted by Crippen LogP contribution is 2.20. The zero-order chi connectivity index (χ0) is 16.8. The van der Waals surface area contributed by atoms with Gasteiger partial charge in [-0.15, -0.1) is 0 Å². The van der Waals surface area contributed by atoms with Crippen molar-refractivity contribution in [2.24, 2.45) is 5.41 Å². The van der Waals surface area contributed by atoms with Crippen molar-refractivity contribution in [3.63, 3.8) is 0 Å². The number of hydrogen-bond acceptors (Lipinski definition) is 2. The van der Waals surface area contributed by atoms with Crippen LogP contribution in [-0.4, -0.2) is 37.0 Å². The van der Waals surface area contributed by atoms with Crippen LogP contribution in [0.15, 0.2) is 0 Å². The Kier molecular flexibility index (Phi) is 12.6. The van der Waals surface area contributed by atoms with E-state index >= 15 is 0 Å². The SMILES string of the molecule is CCCCNCCCCCN(CCCC)C(=O)CC(C)(C)C. The summed E-state index contributed by atoms with van der Waals surface area (Å²) < 4.78 is 0. The molecule has 0 atom stereocenters. The Hall–Kier alpha value is -0.570. The van der Waals surface area contributed by atoms with Gasteiger partial charge in [0.05, 0.1) is 0 Å². The average molecular weight is 313 g/mol. The first-order chi connectivity index (χ1) is 10.4. The van der Waals surface area contributed by atoms with Gasteiger partial charge in [0.15, 0.2) is 0 Å². The van der Waals surface area contributed by atoms with Crippen LogP contribution in [0.1, 0.15) is 86.0 Å². The third-order valence-corrected chi connectivity index (χ3v) is 3.80. The smallest absolute Gasteiger partial charge is 0.223 e. The number of nitrogens with one attached hydrogen (secondary N) is 1. The topological polar surface area (TPSA) is 32.3 Å². The van der Waals surface area contributed by atoms with Gasteiger partial charge in [-0.25, -0.2) is 0 Å². The quantitative estimate of drug-likeness (QED) is 0.504. The van der Waals surface area contributed by atoms with Gasteiger partial charge in [0, 0.05) is 19.5 Å². The van der Waals surface area contributed by atoms with Crippen LogP contribution in [0.5, 0.6) is 0 Å². The summed E-state index contributed by atoms with van der Waals surface area (Å²) >= 11 is 0. The second kappa shape index (κ2) is 12.9. The predicted molar refractivity (Wildman–Crippen MR) is 97.2 cm³/mol. The van der Waals surface area contributed by atoms with Gasteiger partial charge in [0.1, 0.15) is 0 Å². The highest BCUT2D eigenvalue weighted by atomic mass is 16.2. The molecule has 3 heteroatoms. The summed E-state index contributed by atoms with van der Waals surface area (Å²) in [4.78, 5) is 14.5. The maximum Gasteiger partial charge on any atom is 0.223 e. The van der Waals surface area contributed by atoms with Crippen molar-refractivity contribution in [1.82, 2.24) is 10.2 Å². The van der Waals surface area contributed by atoms with Crippen molar-refractivity contribution >= 4 is 5.91 Å². The Morgan fingerprint density at radius 2 is 1.45 bits per heavy atom. The van der Waals surface area contributed by atoms with Crippen LogP contribution in [0.2, 0.25) is 0 Å². The molecule has 0 aromatic heterocycles. The van der Waals surface area contributed by atoms with Crippen LogP contribution in [0.4, 0.5) is 0 Å². The van der Waals surface area contributed by atoms with Gasteiger partial charge in [0.25, 0.3) is 0 Å². The molecule has 3 nitrogen and oxygen atoms in total. The Bertz CT molecular complexity index is 271. The highest BCUT2D eigenvalue weighted by Gasteiger charge is 2.20. The highest BCUT2D eigenvalue weighted by molar-refractivity contribution is 5.76. The lowest BCUT2D eigenvalue weighted by molar-refractivity contribution is -0.133. The number of amides is 1. The first kappa shape index (κ1) is 21.4. The average Bonchev–Trinajstić information content (AvgIpc) is 2.43. The minimum absolute atomic E-state index is 0.0880. The standard InChI is InChI=1S/C19H40N2O/c1-6-8-13-20-14-11-10-12-16-21(15-9-7-2)18(22)17-19(3,4)5/h20H,6-17H2,1-5H3. The summed E-state index contributed by atoms with van der Waals surface area (Å²) in [7, 11) is 0. The molecule has 0 aromatic carbocycles. The fourth-order valence-electron chi connectivity index (χ4n) is 2.43. The molecular formula is C19H40N2O. The van der Waals surface area contributed by atoms with Crippen molar-refractivity contribution in [3.05, 3.63) is 0 Å². The van der Waals surface area contributed by atoms with E-state index in [1.807, 2.05) is 0 Å². The molecule has 0 saturated carbocycles. The first-order valence-electron chi connectivity index (χ1n) is 9.39. The van der Waals surface area contributed by atoms with Gasteiger partial charge in [-0.05, 0) is 44.2 Å². The van der Waals surface area contributed by atoms with Gasteiger partial charge in [-0.2, -0.15) is 0 Å². The zero-order valence-electron chi connectivity index (χ0n) is 15.8. The molecule has 0 aliphatic carbocycles. The van der Waals surface area contributed by atoms with Gasteiger partial charge in [-0.3, -0.25) is 4.79 Å². The van der Waals surface area contributed by atoms with Gasteiger partial charge >= 0.3 is 0 Å². The number of carbonyl (C=O) groups is 1. The lowest BCUT2D eigenvalue weighted by Crippen LogP contribution is -2.35. The molecule has 0 bridgehead atoms. The van der Waals surface area contributed by atoms with E-state index in [2.05, 4.69) is 44.8 Å². The maximum atomic E-state index is 12.4. The third-order valence-electron chi connectivity index (χ3n) is 3.80. The van der Waals surface area contributed by atoms with Gasteiger partial charge in [-0.1, -0.05) is 53.9 Å². The third kappa shape index (κ3) is 13.1. The van der Waals surface area contributed by atoms with E-state index < -0.39 is 0 Å². The molecular weight excluding hydrogens is 272 g/mol. The number of rotatable bonds is 13. The van der Waals surface area contributed by atoms with Crippen LogP contribution >= 0.6 is 0 Å². The normalized spacial score (nSPS) is 11.7. The first-order valence-corrected chi connectivity index (χ1v) is 9.39. The van der Waals surface area contributed by atoms with Crippen molar-refractivity contribution < 1.29 is 4.79 Å². The van der Waals surface area contributed by atoms with E-state index in [-0.39, 0.29) is 5.41 Å². The van der Waals surface area contributed by atoms with E-state index in [9.17, 15) is 4.79 Å². The van der Waals surface area contributed by atoms with Gasteiger partial charge < -0.3 is 10.2 Å².